The Morgan fingerprint density at radius 1 is 1.15 bits per heavy atom. The van der Waals surface area contributed by atoms with Crippen LogP contribution in [-0.2, 0) is 16.0 Å². The predicted molar refractivity (Wildman–Crippen MR) is 105 cm³/mol. The van der Waals surface area contributed by atoms with Gasteiger partial charge in [-0.15, -0.1) is 0 Å². The number of hydrogen-bond donors (Lipinski definition) is 2. The summed E-state index contributed by atoms with van der Waals surface area (Å²) in [6, 6.07) is 7.44. The summed E-state index contributed by atoms with van der Waals surface area (Å²) in [4.78, 5) is 28.7. The van der Waals surface area contributed by atoms with Crippen molar-refractivity contribution in [2.75, 3.05) is 38.0 Å². The third kappa shape index (κ3) is 5.29. The monoisotopic (exact) mass is 360 g/mol. The lowest BCUT2D eigenvalue weighted by atomic mass is 9.98. The van der Waals surface area contributed by atoms with E-state index >= 15 is 0 Å². The number of anilines is 1. The maximum Gasteiger partial charge on any atom is 0.239 e. The second-order valence-corrected chi connectivity index (χ2v) is 7.07. The van der Waals surface area contributed by atoms with Crippen molar-refractivity contribution < 1.29 is 9.59 Å². The van der Waals surface area contributed by atoms with Gasteiger partial charge in [-0.05, 0) is 24.0 Å². The third-order valence-corrected chi connectivity index (χ3v) is 5.27. The van der Waals surface area contributed by atoms with Crippen LogP contribution >= 0.6 is 0 Å². The minimum Gasteiger partial charge on any atom is -0.339 e. The molecule has 6 heteroatoms. The Morgan fingerprint density at radius 2 is 1.81 bits per heavy atom. The Balaban J connectivity index is 1.81. The summed E-state index contributed by atoms with van der Waals surface area (Å²) >= 11 is 0. The van der Waals surface area contributed by atoms with E-state index in [1.54, 1.807) is 0 Å². The number of nitrogens with two attached hydrogens (primary N) is 1. The fourth-order valence-corrected chi connectivity index (χ4v) is 3.18. The van der Waals surface area contributed by atoms with Crippen LogP contribution in [0.25, 0.3) is 0 Å². The molecule has 1 heterocycles. The van der Waals surface area contributed by atoms with Crippen LogP contribution in [-0.4, -0.2) is 60.4 Å². The molecule has 1 aliphatic rings. The number of benzene rings is 1. The minimum absolute atomic E-state index is 0.0121. The maximum absolute atomic E-state index is 12.4. The molecular formula is C20H32N4O2. The van der Waals surface area contributed by atoms with Crippen LogP contribution in [0.5, 0.6) is 0 Å². The minimum atomic E-state index is -0.430. The fourth-order valence-electron chi connectivity index (χ4n) is 3.18. The Kier molecular flexibility index (Phi) is 7.60. The average molecular weight is 361 g/mol. The van der Waals surface area contributed by atoms with E-state index in [0.29, 0.717) is 32.7 Å². The number of carbonyl (C=O) groups excluding carboxylic acids is 2. The summed E-state index contributed by atoms with van der Waals surface area (Å²) in [5.74, 6) is 0.201. The van der Waals surface area contributed by atoms with Gasteiger partial charge in [0.1, 0.15) is 0 Å². The van der Waals surface area contributed by atoms with E-state index in [1.807, 2.05) is 43.0 Å². The lowest BCUT2D eigenvalue weighted by Crippen LogP contribution is -2.55. The average Bonchev–Trinajstić information content (AvgIpc) is 2.67. The first kappa shape index (κ1) is 20.4. The van der Waals surface area contributed by atoms with Crippen molar-refractivity contribution in [3.63, 3.8) is 0 Å². The molecule has 26 heavy (non-hydrogen) atoms. The smallest absolute Gasteiger partial charge is 0.239 e. The second kappa shape index (κ2) is 9.69. The third-order valence-electron chi connectivity index (χ3n) is 5.27. The summed E-state index contributed by atoms with van der Waals surface area (Å²) in [6.45, 7) is 9.12. The lowest BCUT2D eigenvalue weighted by Gasteiger charge is -2.36. The van der Waals surface area contributed by atoms with Crippen molar-refractivity contribution in [1.29, 1.82) is 0 Å². The second-order valence-electron chi connectivity index (χ2n) is 7.07. The highest BCUT2D eigenvalue weighted by atomic mass is 16.2. The van der Waals surface area contributed by atoms with Crippen molar-refractivity contribution in [3.05, 3.63) is 29.8 Å². The molecule has 1 aromatic carbocycles. The number of rotatable bonds is 7. The summed E-state index contributed by atoms with van der Waals surface area (Å²) in [5.41, 5.74) is 8.08. The Labute approximate surface area is 156 Å². The number of hydrogen-bond acceptors (Lipinski definition) is 4. The van der Waals surface area contributed by atoms with Gasteiger partial charge in [0, 0.05) is 31.9 Å². The molecule has 1 fully saturated rings. The SMILES string of the molecule is CCc1ccccc1NC(=O)CN1CCN(C(=O)C(N)C(C)CC)CC1. The van der Waals surface area contributed by atoms with Gasteiger partial charge in [0.15, 0.2) is 0 Å². The molecule has 3 N–H and O–H groups in total. The topological polar surface area (TPSA) is 78.7 Å². The van der Waals surface area contributed by atoms with Gasteiger partial charge in [-0.1, -0.05) is 45.4 Å². The molecule has 0 aliphatic carbocycles. The summed E-state index contributed by atoms with van der Waals surface area (Å²) < 4.78 is 0. The zero-order valence-electron chi connectivity index (χ0n) is 16.2. The molecule has 0 aromatic heterocycles. The van der Waals surface area contributed by atoms with Crippen molar-refractivity contribution in [2.45, 2.75) is 39.7 Å². The number of nitrogens with zero attached hydrogens (tertiary/aromatic N) is 2. The number of amides is 2. The molecule has 0 radical (unpaired) electrons. The number of nitrogens with one attached hydrogen (secondary N) is 1. The number of aryl methyl sites for hydroxylation is 1. The van der Waals surface area contributed by atoms with Crippen LogP contribution in [0.2, 0.25) is 0 Å². The van der Waals surface area contributed by atoms with Gasteiger partial charge < -0.3 is 16.0 Å². The Bertz CT molecular complexity index is 612. The summed E-state index contributed by atoms with van der Waals surface area (Å²) in [7, 11) is 0. The van der Waals surface area contributed by atoms with Gasteiger partial charge in [-0.25, -0.2) is 0 Å². The van der Waals surface area contributed by atoms with E-state index in [-0.39, 0.29) is 17.7 Å². The van der Waals surface area contributed by atoms with E-state index < -0.39 is 6.04 Å². The van der Waals surface area contributed by atoms with Gasteiger partial charge in [-0.3, -0.25) is 14.5 Å². The molecule has 6 nitrogen and oxygen atoms in total. The molecule has 1 aliphatic heterocycles. The molecule has 0 saturated carbocycles. The molecule has 2 unspecified atom stereocenters. The van der Waals surface area contributed by atoms with Gasteiger partial charge in [-0.2, -0.15) is 0 Å². The van der Waals surface area contributed by atoms with E-state index in [9.17, 15) is 9.59 Å². The lowest BCUT2D eigenvalue weighted by molar-refractivity contribution is -0.135. The highest BCUT2D eigenvalue weighted by molar-refractivity contribution is 5.93. The van der Waals surface area contributed by atoms with Crippen LogP contribution < -0.4 is 11.1 Å². The molecule has 1 saturated heterocycles. The van der Waals surface area contributed by atoms with Crippen LogP contribution in [0.1, 0.15) is 32.8 Å². The molecule has 2 rings (SSSR count). The Hall–Kier alpha value is -1.92. The molecule has 144 valence electrons. The quantitative estimate of drug-likeness (QED) is 0.776. The standard InChI is InChI=1S/C20H32N4O2/c1-4-15(3)19(21)20(26)24-12-10-23(11-13-24)14-18(25)22-17-9-7-6-8-16(17)5-2/h6-9,15,19H,4-5,10-14,21H2,1-3H3,(H,22,25). The predicted octanol–water partition coefficient (Wildman–Crippen LogP) is 1.71. The number of piperazine rings is 1. The van der Waals surface area contributed by atoms with Crippen LogP contribution in [0, 0.1) is 5.92 Å². The number of para-hydroxylation sites is 1. The number of carbonyl (C=O) groups is 2. The van der Waals surface area contributed by atoms with Crippen molar-refractivity contribution in [3.8, 4) is 0 Å². The van der Waals surface area contributed by atoms with Crippen molar-refractivity contribution in [1.82, 2.24) is 9.80 Å². The van der Waals surface area contributed by atoms with Crippen LogP contribution in [0.3, 0.4) is 0 Å². The molecule has 1 aromatic rings. The van der Waals surface area contributed by atoms with E-state index in [1.165, 1.54) is 0 Å². The van der Waals surface area contributed by atoms with Crippen molar-refractivity contribution in [2.24, 2.45) is 11.7 Å². The van der Waals surface area contributed by atoms with E-state index in [4.69, 9.17) is 5.73 Å². The van der Waals surface area contributed by atoms with Gasteiger partial charge in [0.05, 0.1) is 12.6 Å². The van der Waals surface area contributed by atoms with E-state index in [2.05, 4.69) is 17.1 Å². The highest BCUT2D eigenvalue weighted by Gasteiger charge is 2.28. The summed E-state index contributed by atoms with van der Waals surface area (Å²) in [6.07, 6.45) is 1.78. The molecule has 0 bridgehead atoms. The van der Waals surface area contributed by atoms with E-state index in [0.717, 1.165) is 24.1 Å². The largest absolute Gasteiger partial charge is 0.339 e. The Morgan fingerprint density at radius 3 is 2.42 bits per heavy atom. The normalized spacial score (nSPS) is 17.6. The first-order valence-corrected chi connectivity index (χ1v) is 9.60. The van der Waals surface area contributed by atoms with Gasteiger partial charge in [0.2, 0.25) is 11.8 Å². The zero-order chi connectivity index (χ0) is 19.1. The molecule has 2 amide bonds. The highest BCUT2D eigenvalue weighted by Crippen LogP contribution is 2.16. The molecular weight excluding hydrogens is 328 g/mol. The summed E-state index contributed by atoms with van der Waals surface area (Å²) in [5, 5.41) is 3.00. The van der Waals surface area contributed by atoms with Gasteiger partial charge >= 0.3 is 0 Å². The van der Waals surface area contributed by atoms with Gasteiger partial charge in [0.25, 0.3) is 0 Å². The van der Waals surface area contributed by atoms with Crippen LogP contribution in [0.4, 0.5) is 5.69 Å². The molecule has 0 spiro atoms. The fraction of sp³-hybridized carbons (Fsp3) is 0.600. The maximum atomic E-state index is 12.4. The van der Waals surface area contributed by atoms with Crippen LogP contribution in [0.15, 0.2) is 24.3 Å². The zero-order valence-corrected chi connectivity index (χ0v) is 16.2. The first-order valence-electron chi connectivity index (χ1n) is 9.60. The van der Waals surface area contributed by atoms with Crippen molar-refractivity contribution >= 4 is 17.5 Å². The first-order chi connectivity index (χ1) is 12.5. The molecule has 2 atom stereocenters.